The zero-order valence-electron chi connectivity index (χ0n) is 2.13. The fourth-order valence-electron chi connectivity index (χ4n) is 0. The summed E-state index contributed by atoms with van der Waals surface area (Å²) in [5.74, 6) is 0. The molecule has 0 bridgehead atoms. The van der Waals surface area contributed by atoms with Gasteiger partial charge in [-0.15, -0.1) is 0 Å². The summed E-state index contributed by atoms with van der Waals surface area (Å²) in [5, 5.41) is 0. The molecule has 0 spiro atoms. The summed E-state index contributed by atoms with van der Waals surface area (Å²) in [6.07, 6.45) is 0. The van der Waals surface area contributed by atoms with Crippen LogP contribution in [-0.4, -0.2) is 0 Å². The average Bonchev–Trinajstić information content (AvgIpc) is 0. The minimum Gasteiger partial charge on any atom is -1.00 e. The first-order valence-corrected chi connectivity index (χ1v) is 0. The number of rotatable bonds is 0. The van der Waals surface area contributed by atoms with Crippen LogP contribution in [0.3, 0.4) is 0 Å². The first-order chi connectivity index (χ1) is 0. The van der Waals surface area contributed by atoms with Crippen LogP contribution in [0, 0.1) is 7.43 Å². The van der Waals surface area contributed by atoms with E-state index in [2.05, 4.69) is 0 Å². The van der Waals surface area contributed by atoms with E-state index < -0.39 is 0 Å². The fraction of sp³-hybridized carbons (Fsp3) is 0. The molecular weight excluding hydrogens is 227 g/mol. The van der Waals surface area contributed by atoms with E-state index in [1.165, 1.54) is 0 Å². The van der Waals surface area contributed by atoms with Crippen molar-refractivity contribution in [2.75, 3.05) is 0 Å². The van der Waals surface area contributed by atoms with Crippen molar-refractivity contribution in [3.05, 3.63) is 7.43 Å². The van der Waals surface area contributed by atoms with Gasteiger partial charge in [0.1, 0.15) is 0 Å². The molecule has 0 aliphatic heterocycles. The van der Waals surface area contributed by atoms with Crippen molar-refractivity contribution in [2.45, 2.75) is 0 Å². The van der Waals surface area contributed by atoms with Crippen molar-refractivity contribution < 1.29 is 51.0 Å². The van der Waals surface area contributed by atoms with Gasteiger partial charge in [-0.25, -0.2) is 0 Å². The van der Waals surface area contributed by atoms with Gasteiger partial charge < -0.3 is 41.4 Å². The number of hydrogen-bond acceptors (Lipinski definition) is 0. The van der Waals surface area contributed by atoms with Crippen LogP contribution in [0.25, 0.3) is 0 Å². The van der Waals surface area contributed by atoms with Crippen molar-refractivity contribution in [1.82, 2.24) is 0 Å². The third kappa shape index (κ3) is 9.77. The van der Waals surface area contributed by atoms with Gasteiger partial charge in [-0.1, -0.05) is 0 Å². The Balaban J connectivity index is 0. The van der Waals surface area contributed by atoms with Gasteiger partial charge in [-0.2, -0.15) is 0 Å². The van der Waals surface area contributed by atoms with Crippen LogP contribution >= 0.6 is 0 Å². The standard InChI is InChI=1S/CH3.2BrH.Mn/h1H3;2*1H;/q-1;;;+3/p-2. The molecule has 0 radical (unpaired) electrons. The fourth-order valence-corrected chi connectivity index (χ4v) is 0. The summed E-state index contributed by atoms with van der Waals surface area (Å²) in [4.78, 5) is 0. The van der Waals surface area contributed by atoms with Crippen molar-refractivity contribution in [2.24, 2.45) is 0 Å². The molecule has 3 heteroatoms. The zero-order chi connectivity index (χ0) is 0. The number of halogens is 2. The summed E-state index contributed by atoms with van der Waals surface area (Å²) in [6, 6.07) is 0. The molecule has 0 atom stereocenters. The van der Waals surface area contributed by atoms with E-state index in [1.807, 2.05) is 0 Å². The maximum atomic E-state index is 0. The Hall–Kier alpha value is 1.48. The second-order valence-electron chi connectivity index (χ2n) is 0. The molecule has 28 valence electrons. The van der Waals surface area contributed by atoms with Gasteiger partial charge in [0.05, 0.1) is 0 Å². The van der Waals surface area contributed by atoms with Crippen LogP contribution in [0.5, 0.6) is 0 Å². The smallest absolute Gasteiger partial charge is 1.00 e. The van der Waals surface area contributed by atoms with E-state index in [9.17, 15) is 0 Å². The van der Waals surface area contributed by atoms with Crippen LogP contribution in [0.1, 0.15) is 0 Å². The maximum absolute atomic E-state index is 0. The van der Waals surface area contributed by atoms with Gasteiger partial charge in [0.2, 0.25) is 0 Å². The second kappa shape index (κ2) is 24.8. The molecule has 0 aromatic rings. The molecule has 0 rings (SSSR count). The average molecular weight is 230 g/mol. The third-order valence-electron chi connectivity index (χ3n) is 0. The summed E-state index contributed by atoms with van der Waals surface area (Å²) in [5.41, 5.74) is 0. The van der Waals surface area contributed by atoms with Crippen molar-refractivity contribution >= 4 is 0 Å². The van der Waals surface area contributed by atoms with Crippen LogP contribution in [0.15, 0.2) is 0 Å². The SMILES string of the molecule is [Br-].[Br-].[CH3-].[Mn+3]. The van der Waals surface area contributed by atoms with E-state index >= 15 is 0 Å². The zero-order valence-corrected chi connectivity index (χ0v) is 6.49. The molecule has 0 saturated heterocycles. The van der Waals surface area contributed by atoms with E-state index in [1.54, 1.807) is 0 Å². The molecule has 0 aromatic carbocycles. The molecule has 0 unspecified atom stereocenters. The first-order valence-electron chi connectivity index (χ1n) is 0. The molecule has 0 N–H and O–H groups in total. The van der Waals surface area contributed by atoms with Crippen molar-refractivity contribution in [3.8, 4) is 0 Å². The monoisotopic (exact) mass is 228 g/mol. The Morgan fingerprint density at radius 2 is 0.750 bits per heavy atom. The maximum Gasteiger partial charge on any atom is 3.00 e. The third-order valence-corrected chi connectivity index (χ3v) is 0. The normalized spacial score (nSPS) is 0. The first kappa shape index (κ1) is 50.2. The molecule has 0 saturated carbocycles. The molecule has 0 aromatic heterocycles. The molecule has 0 heterocycles. The largest absolute Gasteiger partial charge is 3.00 e. The van der Waals surface area contributed by atoms with Gasteiger partial charge in [0.15, 0.2) is 0 Å². The Kier molecular flexibility index (Phi) is 311. The summed E-state index contributed by atoms with van der Waals surface area (Å²) in [6.45, 7) is 0. The van der Waals surface area contributed by atoms with Crippen LogP contribution in [0.2, 0.25) is 0 Å². The van der Waals surface area contributed by atoms with Crippen LogP contribution in [-0.2, 0) is 17.1 Å². The molecular formula is CH3Br2Mn. The predicted octanol–water partition coefficient (Wildman–Crippen LogP) is -5.54. The Bertz CT molecular complexity index is 6.00. The summed E-state index contributed by atoms with van der Waals surface area (Å²) in [7, 11) is 0. The van der Waals surface area contributed by atoms with Crippen LogP contribution < -0.4 is 34.0 Å². The van der Waals surface area contributed by atoms with Gasteiger partial charge >= 0.3 is 17.1 Å². The predicted molar refractivity (Wildman–Crippen MR) is 6.41 cm³/mol. The van der Waals surface area contributed by atoms with E-state index in [-0.39, 0.29) is 58.5 Å². The Labute approximate surface area is 58.4 Å². The van der Waals surface area contributed by atoms with Gasteiger partial charge in [0.25, 0.3) is 0 Å². The van der Waals surface area contributed by atoms with Gasteiger partial charge in [-0.3, -0.25) is 0 Å². The summed E-state index contributed by atoms with van der Waals surface area (Å²) >= 11 is 0. The topological polar surface area (TPSA) is 0 Å². The quantitative estimate of drug-likeness (QED) is 0.287. The Morgan fingerprint density at radius 1 is 0.750 bits per heavy atom. The summed E-state index contributed by atoms with van der Waals surface area (Å²) < 4.78 is 0. The van der Waals surface area contributed by atoms with Crippen molar-refractivity contribution in [3.63, 3.8) is 0 Å². The van der Waals surface area contributed by atoms with Gasteiger partial charge in [0, 0.05) is 0 Å². The molecule has 0 aliphatic rings. The van der Waals surface area contributed by atoms with Crippen LogP contribution in [0.4, 0.5) is 0 Å². The number of hydrogen-bond donors (Lipinski definition) is 0. The van der Waals surface area contributed by atoms with E-state index in [0.29, 0.717) is 0 Å². The molecule has 4 heavy (non-hydrogen) atoms. The molecule has 0 aliphatic carbocycles. The van der Waals surface area contributed by atoms with Gasteiger partial charge in [-0.05, 0) is 0 Å². The molecule has 0 amide bonds. The Morgan fingerprint density at radius 3 is 0.750 bits per heavy atom. The molecule has 0 nitrogen and oxygen atoms in total. The molecule has 0 fully saturated rings. The minimum atomic E-state index is 0. The minimum absolute atomic E-state index is 0. The van der Waals surface area contributed by atoms with Crippen molar-refractivity contribution in [1.29, 1.82) is 0 Å². The second-order valence-corrected chi connectivity index (χ2v) is 0. The van der Waals surface area contributed by atoms with E-state index in [4.69, 9.17) is 0 Å². The van der Waals surface area contributed by atoms with E-state index in [0.717, 1.165) is 0 Å².